The van der Waals surface area contributed by atoms with Crippen molar-refractivity contribution in [3.8, 4) is 5.75 Å². The lowest BCUT2D eigenvalue weighted by molar-refractivity contribution is -0.275. The first-order valence-electron chi connectivity index (χ1n) is 3.20. The molecule has 0 aromatic heterocycles. The van der Waals surface area contributed by atoms with E-state index >= 15 is 0 Å². The molecule has 1 aromatic rings. The zero-order valence-electron chi connectivity index (χ0n) is 6.33. The minimum absolute atomic E-state index is 0.0104. The van der Waals surface area contributed by atoms with E-state index in [1.54, 1.807) is 0 Å². The third-order valence-electron chi connectivity index (χ3n) is 1.19. The first kappa shape index (κ1) is 11.8. The van der Waals surface area contributed by atoms with Crippen LogP contribution in [0.2, 0.25) is 0 Å². The highest BCUT2D eigenvalue weighted by Gasteiger charge is 2.32. The Morgan fingerprint density at radius 3 is 2.21 bits per heavy atom. The molecule has 0 spiro atoms. The second-order valence-corrected chi connectivity index (χ2v) is 3.89. The average Bonchev–Trinajstić information content (AvgIpc) is 1.96. The number of alkyl halides is 3. The molecule has 7 heteroatoms. The average molecular weight is 338 g/mol. The van der Waals surface area contributed by atoms with Crippen LogP contribution >= 0.6 is 31.9 Å². The van der Waals surface area contributed by atoms with E-state index < -0.39 is 17.9 Å². The molecule has 0 aliphatic carbocycles. The van der Waals surface area contributed by atoms with Gasteiger partial charge in [0, 0.05) is 10.5 Å². The fourth-order valence-corrected chi connectivity index (χ4v) is 1.46. The molecule has 0 saturated heterocycles. The van der Waals surface area contributed by atoms with Crippen LogP contribution in [-0.2, 0) is 0 Å². The molecule has 1 rings (SSSR count). The maximum absolute atomic E-state index is 12.7. The molecule has 0 aliphatic rings. The summed E-state index contributed by atoms with van der Waals surface area (Å²) in [6, 6.07) is 1.66. The summed E-state index contributed by atoms with van der Waals surface area (Å²) in [4.78, 5) is 0. The molecule has 0 radical (unpaired) electrons. The zero-order valence-corrected chi connectivity index (χ0v) is 9.50. The number of benzene rings is 1. The van der Waals surface area contributed by atoms with Gasteiger partial charge in [0.25, 0.3) is 0 Å². The number of ether oxygens (including phenoxy) is 1. The molecule has 0 atom stereocenters. The highest BCUT2D eigenvalue weighted by Crippen LogP contribution is 2.36. The van der Waals surface area contributed by atoms with Crippen molar-refractivity contribution in [3.05, 3.63) is 26.9 Å². The Morgan fingerprint density at radius 2 is 1.71 bits per heavy atom. The van der Waals surface area contributed by atoms with Crippen LogP contribution in [0.1, 0.15) is 0 Å². The third-order valence-corrected chi connectivity index (χ3v) is 3.16. The fourth-order valence-electron chi connectivity index (χ4n) is 0.731. The standard InChI is InChI=1S/C7H2Br2F4O/c8-4-1-3(10)2-5(6(4)9)14-7(11,12)13/h1-2H. The molecule has 0 fully saturated rings. The lowest BCUT2D eigenvalue weighted by Crippen LogP contribution is -2.17. The van der Waals surface area contributed by atoms with Crippen molar-refractivity contribution in [1.29, 1.82) is 0 Å². The highest BCUT2D eigenvalue weighted by atomic mass is 79.9. The number of rotatable bonds is 1. The molecule has 0 aliphatic heterocycles. The van der Waals surface area contributed by atoms with E-state index in [1.165, 1.54) is 0 Å². The van der Waals surface area contributed by atoms with Gasteiger partial charge in [0.2, 0.25) is 0 Å². The van der Waals surface area contributed by atoms with E-state index in [4.69, 9.17) is 0 Å². The van der Waals surface area contributed by atoms with Crippen molar-refractivity contribution in [3.63, 3.8) is 0 Å². The van der Waals surface area contributed by atoms with Crippen LogP contribution in [0.25, 0.3) is 0 Å². The van der Waals surface area contributed by atoms with E-state index in [0.29, 0.717) is 6.07 Å². The van der Waals surface area contributed by atoms with Gasteiger partial charge in [-0.2, -0.15) is 0 Å². The molecule has 0 unspecified atom stereocenters. The lowest BCUT2D eigenvalue weighted by atomic mass is 10.3. The van der Waals surface area contributed by atoms with Gasteiger partial charge in [0.05, 0.1) is 4.47 Å². The van der Waals surface area contributed by atoms with Crippen molar-refractivity contribution in [2.75, 3.05) is 0 Å². The smallest absolute Gasteiger partial charge is 0.404 e. The molecule has 14 heavy (non-hydrogen) atoms. The van der Waals surface area contributed by atoms with Crippen LogP contribution < -0.4 is 4.74 Å². The number of hydrogen-bond donors (Lipinski definition) is 0. The third kappa shape index (κ3) is 3.13. The highest BCUT2D eigenvalue weighted by molar-refractivity contribution is 9.13. The largest absolute Gasteiger partial charge is 0.573 e. The zero-order chi connectivity index (χ0) is 10.9. The normalized spacial score (nSPS) is 11.6. The van der Waals surface area contributed by atoms with Gasteiger partial charge in [-0.05, 0) is 37.9 Å². The summed E-state index contributed by atoms with van der Waals surface area (Å²) in [6.07, 6.45) is -4.84. The Balaban J connectivity index is 3.09. The molecule has 1 nitrogen and oxygen atoms in total. The number of hydrogen-bond acceptors (Lipinski definition) is 1. The number of halogens is 6. The Morgan fingerprint density at radius 1 is 1.14 bits per heavy atom. The van der Waals surface area contributed by atoms with Crippen molar-refractivity contribution in [1.82, 2.24) is 0 Å². The molecule has 1 aromatic carbocycles. The Labute approximate surface area is 93.3 Å². The molecular weight excluding hydrogens is 336 g/mol. The Bertz CT molecular complexity index is 350. The summed E-state index contributed by atoms with van der Waals surface area (Å²) >= 11 is 5.70. The maximum atomic E-state index is 12.7. The van der Waals surface area contributed by atoms with E-state index in [-0.39, 0.29) is 8.95 Å². The first-order chi connectivity index (χ1) is 6.29. The lowest BCUT2D eigenvalue weighted by Gasteiger charge is -2.11. The Kier molecular flexibility index (Phi) is 3.41. The first-order valence-corrected chi connectivity index (χ1v) is 4.78. The quantitative estimate of drug-likeness (QED) is 0.550. The summed E-state index contributed by atoms with van der Waals surface area (Å²) in [5, 5.41) is 0. The monoisotopic (exact) mass is 336 g/mol. The van der Waals surface area contributed by atoms with E-state index in [0.717, 1.165) is 6.07 Å². The maximum Gasteiger partial charge on any atom is 0.573 e. The van der Waals surface area contributed by atoms with Gasteiger partial charge in [-0.1, -0.05) is 0 Å². The second-order valence-electron chi connectivity index (χ2n) is 2.25. The van der Waals surface area contributed by atoms with Crippen LogP contribution in [0.3, 0.4) is 0 Å². The van der Waals surface area contributed by atoms with E-state index in [2.05, 4.69) is 36.6 Å². The topological polar surface area (TPSA) is 9.23 Å². The van der Waals surface area contributed by atoms with Crippen LogP contribution in [0.4, 0.5) is 17.6 Å². The van der Waals surface area contributed by atoms with Crippen molar-refractivity contribution < 1.29 is 22.3 Å². The molecule has 78 valence electrons. The van der Waals surface area contributed by atoms with E-state index in [1.807, 2.05) is 0 Å². The minimum atomic E-state index is -4.84. The SMILES string of the molecule is Fc1cc(Br)c(Br)c(OC(F)(F)F)c1. The van der Waals surface area contributed by atoms with Crippen LogP contribution in [0.5, 0.6) is 5.75 Å². The van der Waals surface area contributed by atoms with Crippen LogP contribution in [0.15, 0.2) is 21.1 Å². The van der Waals surface area contributed by atoms with Crippen molar-refractivity contribution >= 4 is 31.9 Å². The summed E-state index contributed by atoms with van der Waals surface area (Å²) in [5.41, 5.74) is 0. The van der Waals surface area contributed by atoms with Gasteiger partial charge in [0.1, 0.15) is 11.6 Å². The minimum Gasteiger partial charge on any atom is -0.404 e. The summed E-state index contributed by atoms with van der Waals surface area (Å²) in [7, 11) is 0. The van der Waals surface area contributed by atoms with Gasteiger partial charge in [0.15, 0.2) is 0 Å². The van der Waals surface area contributed by atoms with Gasteiger partial charge < -0.3 is 4.74 Å². The van der Waals surface area contributed by atoms with Gasteiger partial charge in [-0.25, -0.2) is 4.39 Å². The van der Waals surface area contributed by atoms with Crippen LogP contribution in [-0.4, -0.2) is 6.36 Å². The Hall–Kier alpha value is -0.300. The molecule has 0 saturated carbocycles. The fraction of sp³-hybridized carbons (Fsp3) is 0.143. The molecule has 0 amide bonds. The predicted molar refractivity (Wildman–Crippen MR) is 48.5 cm³/mol. The summed E-state index contributed by atoms with van der Waals surface area (Å²) in [6.45, 7) is 0. The summed E-state index contributed by atoms with van der Waals surface area (Å²) < 4.78 is 51.8. The van der Waals surface area contributed by atoms with Gasteiger partial charge in [-0.15, -0.1) is 13.2 Å². The molecule has 0 heterocycles. The molecular formula is C7H2Br2F4O. The molecule has 0 N–H and O–H groups in total. The van der Waals surface area contributed by atoms with Crippen LogP contribution in [0, 0.1) is 5.82 Å². The van der Waals surface area contributed by atoms with Gasteiger partial charge >= 0.3 is 6.36 Å². The van der Waals surface area contributed by atoms with E-state index in [9.17, 15) is 17.6 Å². The summed E-state index contributed by atoms with van der Waals surface area (Å²) in [5.74, 6) is -1.44. The predicted octanol–water partition coefficient (Wildman–Crippen LogP) is 4.25. The van der Waals surface area contributed by atoms with Gasteiger partial charge in [-0.3, -0.25) is 0 Å². The van der Waals surface area contributed by atoms with Crippen molar-refractivity contribution in [2.45, 2.75) is 6.36 Å². The van der Waals surface area contributed by atoms with Crippen molar-refractivity contribution in [2.24, 2.45) is 0 Å². The molecule has 0 bridgehead atoms. The second kappa shape index (κ2) is 4.06.